The number of carbonyl (C=O) groups is 2. The zero-order valence-electron chi connectivity index (χ0n) is 12.4. The van der Waals surface area contributed by atoms with E-state index < -0.39 is 33.5 Å². The van der Waals surface area contributed by atoms with Crippen molar-refractivity contribution in [2.75, 3.05) is 13.1 Å². The van der Waals surface area contributed by atoms with Crippen LogP contribution in [0.2, 0.25) is 0 Å². The van der Waals surface area contributed by atoms with E-state index in [-0.39, 0.29) is 6.04 Å². The molecule has 0 radical (unpaired) electrons. The SMILES string of the molecule is CC(C)N1CCC(NS(=O)(=O)C(CC(N)=O)C(N)=O)CC1. The topological polar surface area (TPSA) is 136 Å². The first-order chi connectivity index (χ1) is 9.63. The number of nitrogens with two attached hydrogens (primary N) is 2. The average molecular weight is 320 g/mol. The summed E-state index contributed by atoms with van der Waals surface area (Å²) in [6.45, 7) is 5.73. The van der Waals surface area contributed by atoms with Crippen molar-refractivity contribution < 1.29 is 18.0 Å². The number of hydrogen-bond acceptors (Lipinski definition) is 5. The first kappa shape index (κ1) is 17.9. The minimum atomic E-state index is -4.00. The van der Waals surface area contributed by atoms with E-state index in [1.54, 1.807) is 0 Å². The largest absolute Gasteiger partial charge is 0.370 e. The van der Waals surface area contributed by atoms with Gasteiger partial charge in [0.2, 0.25) is 21.8 Å². The number of hydrogen-bond donors (Lipinski definition) is 3. The van der Waals surface area contributed by atoms with Crippen molar-refractivity contribution in [3.63, 3.8) is 0 Å². The van der Waals surface area contributed by atoms with Gasteiger partial charge >= 0.3 is 0 Å². The summed E-state index contributed by atoms with van der Waals surface area (Å²) in [6.07, 6.45) is 0.703. The number of primary amides is 2. The lowest BCUT2D eigenvalue weighted by Crippen LogP contribution is -2.51. The molecule has 8 nitrogen and oxygen atoms in total. The van der Waals surface area contributed by atoms with Crippen molar-refractivity contribution in [2.24, 2.45) is 11.5 Å². The van der Waals surface area contributed by atoms with Gasteiger partial charge in [-0.25, -0.2) is 13.1 Å². The van der Waals surface area contributed by atoms with Crippen molar-refractivity contribution in [3.05, 3.63) is 0 Å². The van der Waals surface area contributed by atoms with Crippen molar-refractivity contribution >= 4 is 21.8 Å². The maximum Gasteiger partial charge on any atom is 0.237 e. The Labute approximate surface area is 125 Å². The highest BCUT2D eigenvalue weighted by Gasteiger charge is 2.35. The van der Waals surface area contributed by atoms with Crippen LogP contribution in [0.3, 0.4) is 0 Å². The van der Waals surface area contributed by atoms with Crippen LogP contribution in [0.1, 0.15) is 33.1 Å². The minimum Gasteiger partial charge on any atom is -0.370 e. The molecule has 1 saturated heterocycles. The van der Waals surface area contributed by atoms with E-state index in [0.29, 0.717) is 18.9 Å². The van der Waals surface area contributed by atoms with Gasteiger partial charge in [-0.15, -0.1) is 0 Å². The lowest BCUT2D eigenvalue weighted by molar-refractivity contribution is -0.122. The Bertz CT molecular complexity index is 483. The Balaban J connectivity index is 2.67. The first-order valence-corrected chi connectivity index (χ1v) is 8.51. The summed E-state index contributed by atoms with van der Waals surface area (Å²) >= 11 is 0. The molecule has 1 atom stereocenters. The molecule has 9 heteroatoms. The molecule has 1 heterocycles. The van der Waals surface area contributed by atoms with Gasteiger partial charge in [-0.05, 0) is 39.8 Å². The second-order valence-corrected chi connectivity index (χ2v) is 7.52. The van der Waals surface area contributed by atoms with E-state index in [1.165, 1.54) is 0 Å². The molecule has 1 rings (SSSR count). The predicted molar refractivity (Wildman–Crippen MR) is 78.6 cm³/mol. The molecule has 0 bridgehead atoms. The monoisotopic (exact) mass is 320 g/mol. The van der Waals surface area contributed by atoms with Crippen molar-refractivity contribution in [3.8, 4) is 0 Å². The summed E-state index contributed by atoms with van der Waals surface area (Å²) in [4.78, 5) is 24.4. The Morgan fingerprint density at radius 3 is 2.14 bits per heavy atom. The number of likely N-dealkylation sites (tertiary alicyclic amines) is 1. The molecule has 1 aliphatic rings. The van der Waals surface area contributed by atoms with Crippen LogP contribution < -0.4 is 16.2 Å². The second kappa shape index (κ2) is 7.19. The lowest BCUT2D eigenvalue weighted by atomic mass is 10.1. The molecule has 0 aromatic carbocycles. The fourth-order valence-electron chi connectivity index (χ4n) is 2.39. The van der Waals surface area contributed by atoms with Gasteiger partial charge in [0.15, 0.2) is 5.25 Å². The molecular weight excluding hydrogens is 296 g/mol. The molecule has 0 aromatic rings. The van der Waals surface area contributed by atoms with Crippen LogP contribution in [0, 0.1) is 0 Å². The van der Waals surface area contributed by atoms with Crippen LogP contribution in [-0.4, -0.2) is 55.6 Å². The van der Waals surface area contributed by atoms with E-state index in [9.17, 15) is 18.0 Å². The number of sulfonamides is 1. The highest BCUT2D eigenvalue weighted by molar-refractivity contribution is 7.90. The van der Waals surface area contributed by atoms with Crippen molar-refractivity contribution in [2.45, 2.75) is 50.4 Å². The molecule has 0 saturated carbocycles. The third-order valence-corrected chi connectivity index (χ3v) is 5.48. The van der Waals surface area contributed by atoms with Gasteiger partial charge in [-0.3, -0.25) is 9.59 Å². The Hall–Kier alpha value is -1.19. The predicted octanol–water partition coefficient (Wildman–Crippen LogP) is -1.49. The van der Waals surface area contributed by atoms with Gasteiger partial charge < -0.3 is 16.4 Å². The van der Waals surface area contributed by atoms with E-state index >= 15 is 0 Å². The smallest absolute Gasteiger partial charge is 0.237 e. The Morgan fingerprint density at radius 2 is 1.76 bits per heavy atom. The maximum atomic E-state index is 12.2. The molecule has 21 heavy (non-hydrogen) atoms. The first-order valence-electron chi connectivity index (χ1n) is 6.96. The summed E-state index contributed by atoms with van der Waals surface area (Å²) in [5.74, 6) is -1.94. The van der Waals surface area contributed by atoms with Crippen LogP contribution in [0.15, 0.2) is 0 Å². The maximum absolute atomic E-state index is 12.2. The molecular formula is C12H24N4O4S. The van der Waals surface area contributed by atoms with Gasteiger partial charge in [0.25, 0.3) is 0 Å². The Morgan fingerprint density at radius 1 is 1.24 bits per heavy atom. The van der Waals surface area contributed by atoms with Gasteiger partial charge in [0, 0.05) is 12.1 Å². The van der Waals surface area contributed by atoms with Crippen molar-refractivity contribution in [1.29, 1.82) is 0 Å². The highest BCUT2D eigenvalue weighted by atomic mass is 32.2. The molecule has 1 fully saturated rings. The van der Waals surface area contributed by atoms with Crippen LogP contribution in [0.5, 0.6) is 0 Å². The Kier molecular flexibility index (Phi) is 6.11. The summed E-state index contributed by atoms with van der Waals surface area (Å²) in [7, 11) is -4.00. The zero-order chi connectivity index (χ0) is 16.2. The highest BCUT2D eigenvalue weighted by Crippen LogP contribution is 2.15. The van der Waals surface area contributed by atoms with Gasteiger partial charge in [-0.2, -0.15) is 0 Å². The number of piperidine rings is 1. The standard InChI is InChI=1S/C12H24N4O4S/c1-8(2)16-5-3-9(4-6-16)15-21(19,20)10(12(14)18)7-11(13)17/h8-10,15H,3-7H2,1-2H3,(H2,13,17)(H2,14,18). The second-order valence-electron chi connectivity index (χ2n) is 5.63. The summed E-state index contributed by atoms with van der Waals surface area (Å²) in [5, 5.41) is -1.61. The third-order valence-electron chi connectivity index (χ3n) is 3.67. The number of amides is 2. The van der Waals surface area contributed by atoms with E-state index in [1.807, 2.05) is 0 Å². The molecule has 5 N–H and O–H groups in total. The fraction of sp³-hybridized carbons (Fsp3) is 0.833. The number of rotatable bonds is 7. The van der Waals surface area contributed by atoms with Crippen LogP contribution in [0.25, 0.3) is 0 Å². The van der Waals surface area contributed by atoms with Gasteiger partial charge in [0.1, 0.15) is 0 Å². The molecule has 1 aliphatic heterocycles. The van der Waals surface area contributed by atoms with Crippen LogP contribution >= 0.6 is 0 Å². The summed E-state index contributed by atoms with van der Waals surface area (Å²) < 4.78 is 26.8. The van der Waals surface area contributed by atoms with E-state index in [0.717, 1.165) is 13.1 Å². The zero-order valence-corrected chi connectivity index (χ0v) is 13.2. The number of nitrogens with one attached hydrogen (secondary N) is 1. The van der Waals surface area contributed by atoms with E-state index in [4.69, 9.17) is 11.5 Å². The molecule has 122 valence electrons. The van der Waals surface area contributed by atoms with Gasteiger partial charge in [-0.1, -0.05) is 0 Å². The number of nitrogens with zero attached hydrogens (tertiary/aromatic N) is 1. The van der Waals surface area contributed by atoms with Crippen LogP contribution in [-0.2, 0) is 19.6 Å². The molecule has 1 unspecified atom stereocenters. The number of carbonyl (C=O) groups excluding carboxylic acids is 2. The summed E-state index contributed by atoms with van der Waals surface area (Å²) in [6, 6.07) is 0.163. The fourth-order valence-corrected chi connectivity index (χ4v) is 3.95. The van der Waals surface area contributed by atoms with Gasteiger partial charge in [0.05, 0.1) is 6.42 Å². The molecule has 0 aliphatic carbocycles. The quantitative estimate of drug-likeness (QED) is 0.525. The van der Waals surface area contributed by atoms with Crippen molar-refractivity contribution in [1.82, 2.24) is 9.62 Å². The van der Waals surface area contributed by atoms with E-state index in [2.05, 4.69) is 23.5 Å². The minimum absolute atomic E-state index is 0.250. The lowest BCUT2D eigenvalue weighted by Gasteiger charge is -2.35. The molecule has 2 amide bonds. The average Bonchev–Trinajstić information content (AvgIpc) is 2.35. The molecule has 0 spiro atoms. The molecule has 0 aromatic heterocycles. The normalized spacial score (nSPS) is 19.6. The third kappa shape index (κ3) is 5.25. The van der Waals surface area contributed by atoms with Crippen LogP contribution in [0.4, 0.5) is 0 Å². The summed E-state index contributed by atoms with van der Waals surface area (Å²) in [5.41, 5.74) is 10.0.